The summed E-state index contributed by atoms with van der Waals surface area (Å²) in [4.78, 5) is 41.2. The van der Waals surface area contributed by atoms with Crippen LogP contribution in [0.1, 0.15) is 24.5 Å². The summed E-state index contributed by atoms with van der Waals surface area (Å²) in [6, 6.07) is 3.00. The van der Waals surface area contributed by atoms with Gasteiger partial charge in [-0.2, -0.15) is 0 Å². The maximum absolute atomic E-state index is 13.6. The number of rotatable bonds is 1. The number of aliphatic hydroxyl groups is 4. The first-order valence-corrected chi connectivity index (χ1v) is 9.97. The highest BCUT2D eigenvalue weighted by Crippen LogP contribution is 2.56. The van der Waals surface area contributed by atoms with E-state index in [4.69, 9.17) is 5.73 Å². The van der Waals surface area contributed by atoms with Crippen molar-refractivity contribution in [3.05, 3.63) is 46.4 Å². The SMILES string of the molecule is CN(C)[C@@H]1C(=O)/C(=C(/N)O)C(=O)[C@@]2(O)C(=O)C3=C(O)c4c(O)cccc4[C@@](C)(O)[C@H]3C[C@@H]12. The zero-order valence-corrected chi connectivity index (χ0v) is 17.7. The summed E-state index contributed by atoms with van der Waals surface area (Å²) in [6.45, 7) is 1.40. The van der Waals surface area contributed by atoms with Crippen LogP contribution in [0.5, 0.6) is 5.75 Å². The molecule has 10 nitrogen and oxygen atoms in total. The van der Waals surface area contributed by atoms with Crippen molar-refractivity contribution in [2.75, 3.05) is 14.1 Å². The number of benzene rings is 1. The van der Waals surface area contributed by atoms with Crippen molar-refractivity contribution >= 4 is 23.1 Å². The van der Waals surface area contributed by atoms with E-state index >= 15 is 0 Å². The average molecular weight is 444 g/mol. The molecule has 0 heterocycles. The number of hydrogen-bond acceptors (Lipinski definition) is 10. The van der Waals surface area contributed by atoms with Crippen LogP contribution < -0.4 is 5.73 Å². The smallest absolute Gasteiger partial charge is 0.211 e. The van der Waals surface area contributed by atoms with E-state index < -0.39 is 75.0 Å². The molecular formula is C22H24N2O8. The van der Waals surface area contributed by atoms with Gasteiger partial charge in [-0.1, -0.05) is 12.1 Å². The highest BCUT2D eigenvalue weighted by Gasteiger charge is 2.68. The maximum Gasteiger partial charge on any atom is 0.211 e. The molecule has 2 fully saturated rings. The Bertz CT molecular complexity index is 1140. The van der Waals surface area contributed by atoms with Crippen molar-refractivity contribution in [2.45, 2.75) is 30.6 Å². The Labute approximate surface area is 182 Å². The quantitative estimate of drug-likeness (QED) is 0.145. The van der Waals surface area contributed by atoms with E-state index in [9.17, 15) is 39.9 Å². The van der Waals surface area contributed by atoms with Gasteiger partial charge >= 0.3 is 0 Å². The third-order valence-corrected chi connectivity index (χ3v) is 7.01. The van der Waals surface area contributed by atoms with Crippen LogP contribution in [0, 0.1) is 11.8 Å². The van der Waals surface area contributed by atoms with Crippen molar-refractivity contribution in [3.63, 3.8) is 0 Å². The molecule has 170 valence electrons. The van der Waals surface area contributed by atoms with Gasteiger partial charge in [-0.05, 0) is 39.1 Å². The minimum atomic E-state index is -2.82. The number of ketones is 3. The summed E-state index contributed by atoms with van der Waals surface area (Å²) in [7, 11) is 3.01. The number of phenolic OH excluding ortho intramolecular Hbond substituents is 1. The molecule has 0 radical (unpaired) electrons. The van der Waals surface area contributed by atoms with E-state index in [1.807, 2.05) is 0 Å². The second kappa shape index (κ2) is 6.64. The lowest BCUT2D eigenvalue weighted by atomic mass is 9.53. The monoisotopic (exact) mass is 444 g/mol. The van der Waals surface area contributed by atoms with Gasteiger partial charge in [-0.15, -0.1) is 0 Å². The molecule has 10 heteroatoms. The van der Waals surface area contributed by atoms with Gasteiger partial charge in [0.05, 0.1) is 17.2 Å². The molecule has 5 atom stereocenters. The first-order valence-electron chi connectivity index (χ1n) is 9.97. The minimum Gasteiger partial charge on any atom is -0.507 e. The zero-order valence-electron chi connectivity index (χ0n) is 17.7. The summed E-state index contributed by atoms with van der Waals surface area (Å²) in [5.74, 6) is -8.00. The Morgan fingerprint density at radius 2 is 1.75 bits per heavy atom. The van der Waals surface area contributed by atoms with Crippen LogP contribution in [-0.4, -0.2) is 73.5 Å². The minimum absolute atomic E-state index is 0.164. The molecular weight excluding hydrogens is 420 g/mol. The van der Waals surface area contributed by atoms with Crippen LogP contribution in [0.2, 0.25) is 0 Å². The van der Waals surface area contributed by atoms with Crippen LogP contribution in [-0.2, 0) is 20.0 Å². The normalized spacial score (nSPS) is 36.1. The molecule has 1 aromatic rings. The Kier molecular flexibility index (Phi) is 4.57. The van der Waals surface area contributed by atoms with Crippen LogP contribution >= 0.6 is 0 Å². The molecule has 0 aromatic heterocycles. The van der Waals surface area contributed by atoms with Crippen molar-refractivity contribution in [1.82, 2.24) is 4.90 Å². The number of carbonyl (C=O) groups excluding carboxylic acids is 3. The summed E-state index contributed by atoms with van der Waals surface area (Å²) in [6.07, 6.45) is -0.220. The van der Waals surface area contributed by atoms with Gasteiger partial charge in [0.15, 0.2) is 17.3 Å². The summed E-state index contributed by atoms with van der Waals surface area (Å²) in [5.41, 5.74) is -0.589. The lowest BCUT2D eigenvalue weighted by Gasteiger charge is -2.53. The third kappa shape index (κ3) is 2.48. The molecule has 4 rings (SSSR count). The van der Waals surface area contributed by atoms with Crippen molar-refractivity contribution < 1.29 is 39.9 Å². The third-order valence-electron chi connectivity index (χ3n) is 7.01. The number of likely N-dealkylation sites (N-methyl/N-ethyl adjacent to an activating group) is 1. The summed E-state index contributed by atoms with van der Waals surface area (Å²) < 4.78 is 0. The zero-order chi connectivity index (χ0) is 23.9. The molecule has 3 aliphatic carbocycles. The van der Waals surface area contributed by atoms with Crippen LogP contribution in [0.15, 0.2) is 35.2 Å². The number of aliphatic hydroxyl groups excluding tert-OH is 2. The van der Waals surface area contributed by atoms with E-state index in [-0.39, 0.29) is 17.5 Å². The van der Waals surface area contributed by atoms with Crippen molar-refractivity contribution in [2.24, 2.45) is 17.6 Å². The largest absolute Gasteiger partial charge is 0.507 e. The van der Waals surface area contributed by atoms with Gasteiger partial charge in [0.25, 0.3) is 0 Å². The number of nitrogens with zero attached hydrogens (tertiary/aromatic N) is 1. The molecule has 0 saturated heterocycles. The standard InChI is InChI=1S/C22H24N2O8/c1-21(31)8-5-4-6-11(25)12(8)16(26)13-9(21)7-10-15(24(2)3)17(27)14(20(23)30)19(29)22(10,32)18(13)28/h4-6,9-10,15,25-26,30-32H,7,23H2,1-3H3/b20-14+/t9-,10-,15-,21+,22-/m0/s1. The molecule has 0 spiro atoms. The number of Topliss-reactive ketones (excluding diaryl/α,β-unsaturated/α-hetero) is 3. The topological polar surface area (TPSA) is 182 Å². The average Bonchev–Trinajstić information content (AvgIpc) is 2.68. The van der Waals surface area contributed by atoms with Crippen molar-refractivity contribution in [1.29, 1.82) is 0 Å². The lowest BCUT2D eigenvalue weighted by Crippen LogP contribution is -2.70. The Morgan fingerprint density at radius 3 is 2.31 bits per heavy atom. The predicted octanol–water partition coefficient (Wildman–Crippen LogP) is -0.371. The summed E-state index contributed by atoms with van der Waals surface area (Å²) in [5, 5.41) is 53.9. The van der Waals surface area contributed by atoms with Crippen LogP contribution in [0.3, 0.4) is 0 Å². The molecule has 1 aromatic carbocycles. The number of aromatic hydroxyl groups is 1. The molecule has 0 unspecified atom stereocenters. The molecule has 3 aliphatic rings. The number of nitrogens with two attached hydrogens (primary N) is 1. The van der Waals surface area contributed by atoms with Gasteiger partial charge in [-0.3, -0.25) is 19.3 Å². The Hall–Kier alpha value is -3.21. The molecule has 0 aliphatic heterocycles. The molecule has 32 heavy (non-hydrogen) atoms. The predicted molar refractivity (Wildman–Crippen MR) is 110 cm³/mol. The maximum atomic E-state index is 13.6. The lowest BCUT2D eigenvalue weighted by molar-refractivity contribution is -0.169. The van der Waals surface area contributed by atoms with Gasteiger partial charge in [0.2, 0.25) is 11.6 Å². The number of phenols is 1. The number of fused-ring (bicyclic) bond motifs is 3. The molecule has 0 bridgehead atoms. The highest BCUT2D eigenvalue weighted by molar-refractivity contribution is 6.35. The summed E-state index contributed by atoms with van der Waals surface area (Å²) >= 11 is 0. The Balaban J connectivity index is 2.03. The van der Waals surface area contributed by atoms with Gasteiger partial charge < -0.3 is 31.3 Å². The first-order chi connectivity index (χ1) is 14.8. The van der Waals surface area contributed by atoms with E-state index in [2.05, 4.69) is 0 Å². The fraction of sp³-hybridized carbons (Fsp3) is 0.409. The number of hydrogen-bond donors (Lipinski definition) is 6. The van der Waals surface area contributed by atoms with E-state index in [1.165, 1.54) is 44.1 Å². The highest BCUT2D eigenvalue weighted by atomic mass is 16.3. The van der Waals surface area contributed by atoms with E-state index in [1.54, 1.807) is 0 Å². The second-order valence-corrected chi connectivity index (χ2v) is 8.96. The fourth-order valence-electron chi connectivity index (χ4n) is 5.49. The number of carbonyl (C=O) groups is 3. The van der Waals surface area contributed by atoms with Crippen LogP contribution in [0.4, 0.5) is 0 Å². The fourth-order valence-corrected chi connectivity index (χ4v) is 5.49. The second-order valence-electron chi connectivity index (χ2n) is 8.96. The van der Waals surface area contributed by atoms with Gasteiger partial charge in [0.1, 0.15) is 17.1 Å². The molecule has 7 N–H and O–H groups in total. The molecule has 0 amide bonds. The first kappa shape index (κ1) is 22.0. The van der Waals surface area contributed by atoms with Gasteiger partial charge in [-0.25, -0.2) is 0 Å². The van der Waals surface area contributed by atoms with E-state index in [0.717, 1.165) is 0 Å². The van der Waals surface area contributed by atoms with Gasteiger partial charge in [0, 0.05) is 17.4 Å². The van der Waals surface area contributed by atoms with E-state index in [0.29, 0.717) is 0 Å². The van der Waals surface area contributed by atoms with Crippen molar-refractivity contribution in [3.8, 4) is 5.75 Å². The molecule has 2 saturated carbocycles. The van der Waals surface area contributed by atoms with Crippen LogP contribution in [0.25, 0.3) is 5.76 Å². The Morgan fingerprint density at radius 1 is 1.12 bits per heavy atom.